The maximum Gasteiger partial charge on any atom is 0.308 e. The highest BCUT2D eigenvalue weighted by Crippen LogP contribution is 2.49. The topological polar surface area (TPSA) is 57.6 Å². The molecule has 1 aliphatic rings. The van der Waals surface area contributed by atoms with Crippen LogP contribution in [0.3, 0.4) is 0 Å². The minimum Gasteiger partial charge on any atom is -0.481 e. The number of carboxylic acids is 1. The monoisotopic (exact) mass is 297 g/mol. The van der Waals surface area contributed by atoms with E-state index in [1.54, 1.807) is 0 Å². The molecule has 0 aromatic heterocycles. The van der Waals surface area contributed by atoms with Crippen LogP contribution in [-0.2, 0) is 9.59 Å². The molecule has 0 radical (unpaired) electrons. The summed E-state index contributed by atoms with van der Waals surface area (Å²) >= 11 is 0. The lowest BCUT2D eigenvalue weighted by Gasteiger charge is -2.19. The average Bonchev–Trinajstić information content (AvgIpc) is 3.17. The molecule has 3 atom stereocenters. The van der Waals surface area contributed by atoms with E-state index in [0.29, 0.717) is 12.0 Å². The Morgan fingerprint density at radius 1 is 1.43 bits per heavy atom. The van der Waals surface area contributed by atoms with Gasteiger partial charge in [0.1, 0.15) is 11.6 Å². The minimum atomic E-state index is -0.966. The van der Waals surface area contributed by atoms with Crippen LogP contribution in [0.5, 0.6) is 0 Å². The highest BCUT2D eigenvalue weighted by molar-refractivity contribution is 5.83. The summed E-state index contributed by atoms with van der Waals surface area (Å²) < 4.78 is 26.5. The Labute approximate surface area is 121 Å². The van der Waals surface area contributed by atoms with Gasteiger partial charge in [-0.05, 0) is 24.0 Å². The highest BCUT2D eigenvalue weighted by Gasteiger charge is 2.46. The second-order valence-corrected chi connectivity index (χ2v) is 5.57. The Kier molecular flexibility index (Phi) is 4.25. The Hall–Kier alpha value is -1.98. The number of carbonyl (C=O) groups is 2. The largest absolute Gasteiger partial charge is 0.481 e. The van der Waals surface area contributed by atoms with Crippen molar-refractivity contribution in [1.82, 2.24) is 4.90 Å². The van der Waals surface area contributed by atoms with Crippen LogP contribution in [0.25, 0.3) is 0 Å². The first-order chi connectivity index (χ1) is 9.81. The summed E-state index contributed by atoms with van der Waals surface area (Å²) in [6, 6.07) is 3.35. The van der Waals surface area contributed by atoms with E-state index in [-0.39, 0.29) is 24.3 Å². The number of nitrogens with zero attached hydrogens (tertiary/aromatic N) is 1. The van der Waals surface area contributed by atoms with Gasteiger partial charge in [0.05, 0.1) is 5.92 Å². The maximum absolute atomic E-state index is 13.7. The van der Waals surface area contributed by atoms with Crippen molar-refractivity contribution in [2.75, 3.05) is 13.6 Å². The summed E-state index contributed by atoms with van der Waals surface area (Å²) in [5.74, 6) is -3.71. The van der Waals surface area contributed by atoms with Crippen LogP contribution in [0.2, 0.25) is 0 Å². The van der Waals surface area contributed by atoms with E-state index >= 15 is 0 Å². The van der Waals surface area contributed by atoms with Crippen molar-refractivity contribution in [3.63, 3.8) is 0 Å². The number of benzene rings is 1. The number of hydrogen-bond acceptors (Lipinski definition) is 2. The molecule has 6 heteroatoms. The SMILES string of the molecule is CC(CN(C)C(=O)C1CC1c1ccc(F)cc1F)C(=O)O. The predicted molar refractivity (Wildman–Crippen MR) is 71.6 cm³/mol. The van der Waals surface area contributed by atoms with Crippen LogP contribution < -0.4 is 0 Å². The zero-order chi connectivity index (χ0) is 15.7. The Bertz CT molecular complexity index is 576. The molecule has 0 saturated heterocycles. The van der Waals surface area contributed by atoms with E-state index in [1.165, 1.54) is 31.0 Å². The van der Waals surface area contributed by atoms with Gasteiger partial charge in [-0.25, -0.2) is 8.78 Å². The van der Waals surface area contributed by atoms with Gasteiger partial charge < -0.3 is 10.0 Å². The second kappa shape index (κ2) is 5.79. The van der Waals surface area contributed by atoms with Crippen LogP contribution in [-0.4, -0.2) is 35.5 Å². The van der Waals surface area contributed by atoms with E-state index in [9.17, 15) is 18.4 Å². The fourth-order valence-electron chi connectivity index (χ4n) is 2.48. The van der Waals surface area contributed by atoms with Crippen molar-refractivity contribution < 1.29 is 23.5 Å². The van der Waals surface area contributed by atoms with Crippen molar-refractivity contribution in [2.45, 2.75) is 19.3 Å². The molecule has 1 N–H and O–H groups in total. The summed E-state index contributed by atoms with van der Waals surface area (Å²) in [6.07, 6.45) is 0.507. The normalized spacial score (nSPS) is 21.7. The zero-order valence-corrected chi connectivity index (χ0v) is 11.8. The van der Waals surface area contributed by atoms with Crippen LogP contribution in [0.4, 0.5) is 8.78 Å². The number of amides is 1. The number of carboxylic acid groups (broad SMARTS) is 1. The fourth-order valence-corrected chi connectivity index (χ4v) is 2.48. The molecule has 0 aliphatic heterocycles. The average molecular weight is 297 g/mol. The molecular weight excluding hydrogens is 280 g/mol. The summed E-state index contributed by atoms with van der Waals surface area (Å²) in [5.41, 5.74) is 0.342. The second-order valence-electron chi connectivity index (χ2n) is 5.57. The molecular formula is C15H17F2NO3. The van der Waals surface area contributed by atoms with E-state index in [0.717, 1.165) is 6.07 Å². The van der Waals surface area contributed by atoms with E-state index in [4.69, 9.17) is 5.11 Å². The van der Waals surface area contributed by atoms with Gasteiger partial charge in [0.2, 0.25) is 5.91 Å². The number of carbonyl (C=O) groups excluding carboxylic acids is 1. The van der Waals surface area contributed by atoms with Gasteiger partial charge in [0.25, 0.3) is 0 Å². The van der Waals surface area contributed by atoms with Crippen molar-refractivity contribution in [3.8, 4) is 0 Å². The molecule has 3 unspecified atom stereocenters. The van der Waals surface area contributed by atoms with Crippen molar-refractivity contribution in [1.29, 1.82) is 0 Å². The summed E-state index contributed by atoms with van der Waals surface area (Å²) in [5, 5.41) is 8.84. The quantitative estimate of drug-likeness (QED) is 0.907. The fraction of sp³-hybridized carbons (Fsp3) is 0.467. The van der Waals surface area contributed by atoms with Crippen molar-refractivity contribution in [2.24, 2.45) is 11.8 Å². The Morgan fingerprint density at radius 3 is 2.67 bits per heavy atom. The van der Waals surface area contributed by atoms with Gasteiger partial charge in [-0.1, -0.05) is 13.0 Å². The van der Waals surface area contributed by atoms with E-state index in [1.807, 2.05) is 0 Å². The molecule has 1 aromatic carbocycles. The Morgan fingerprint density at radius 2 is 2.10 bits per heavy atom. The molecule has 0 spiro atoms. The zero-order valence-electron chi connectivity index (χ0n) is 11.8. The molecule has 114 valence electrons. The minimum absolute atomic E-state index is 0.114. The van der Waals surface area contributed by atoms with Crippen LogP contribution >= 0.6 is 0 Å². The van der Waals surface area contributed by atoms with Crippen LogP contribution in [0, 0.1) is 23.5 Å². The van der Waals surface area contributed by atoms with Gasteiger partial charge >= 0.3 is 5.97 Å². The smallest absolute Gasteiger partial charge is 0.308 e. The molecule has 2 rings (SSSR count). The van der Waals surface area contributed by atoms with Gasteiger partial charge in [-0.15, -0.1) is 0 Å². The summed E-state index contributed by atoms with van der Waals surface area (Å²) in [6.45, 7) is 1.64. The lowest BCUT2D eigenvalue weighted by atomic mass is 10.1. The van der Waals surface area contributed by atoms with Gasteiger partial charge in [-0.2, -0.15) is 0 Å². The van der Waals surface area contributed by atoms with E-state index in [2.05, 4.69) is 0 Å². The van der Waals surface area contributed by atoms with Crippen molar-refractivity contribution >= 4 is 11.9 Å². The summed E-state index contributed by atoms with van der Waals surface area (Å²) in [4.78, 5) is 24.3. The first-order valence-electron chi connectivity index (χ1n) is 6.74. The standard InChI is InChI=1S/C15H17F2NO3/c1-8(15(20)21)7-18(2)14(19)12-6-11(12)10-4-3-9(16)5-13(10)17/h3-5,8,11-12H,6-7H2,1-2H3,(H,20,21). The number of halogens is 2. The number of hydrogen-bond donors (Lipinski definition) is 1. The van der Waals surface area contributed by atoms with Crippen LogP contribution in [0.15, 0.2) is 18.2 Å². The summed E-state index contributed by atoms with van der Waals surface area (Å²) in [7, 11) is 1.54. The molecule has 0 heterocycles. The lowest BCUT2D eigenvalue weighted by Crippen LogP contribution is -2.34. The third-order valence-electron chi connectivity index (χ3n) is 3.82. The van der Waals surface area contributed by atoms with E-state index < -0.39 is 23.5 Å². The van der Waals surface area contributed by atoms with Gasteiger partial charge in [0, 0.05) is 25.6 Å². The van der Waals surface area contributed by atoms with Crippen molar-refractivity contribution in [3.05, 3.63) is 35.4 Å². The number of rotatable bonds is 5. The van der Waals surface area contributed by atoms with Gasteiger partial charge in [-0.3, -0.25) is 9.59 Å². The molecule has 1 saturated carbocycles. The highest BCUT2D eigenvalue weighted by atomic mass is 19.1. The molecule has 1 aromatic rings. The Balaban J connectivity index is 1.99. The third-order valence-corrected chi connectivity index (χ3v) is 3.82. The first kappa shape index (κ1) is 15.4. The molecule has 4 nitrogen and oxygen atoms in total. The molecule has 0 bridgehead atoms. The molecule has 1 aliphatic carbocycles. The van der Waals surface area contributed by atoms with Gasteiger partial charge in [0.15, 0.2) is 0 Å². The first-order valence-corrected chi connectivity index (χ1v) is 6.74. The number of aliphatic carboxylic acids is 1. The molecule has 1 amide bonds. The lowest BCUT2D eigenvalue weighted by molar-refractivity contribution is -0.142. The maximum atomic E-state index is 13.7. The molecule has 1 fully saturated rings. The van der Waals surface area contributed by atoms with Crippen LogP contribution in [0.1, 0.15) is 24.8 Å². The predicted octanol–water partition coefficient (Wildman–Crippen LogP) is 2.25. The third kappa shape index (κ3) is 3.37. The molecule has 21 heavy (non-hydrogen) atoms.